The fourth-order valence-corrected chi connectivity index (χ4v) is 2.76. The third kappa shape index (κ3) is 3.46. The van der Waals surface area contributed by atoms with Crippen LogP contribution in [-0.2, 0) is 6.54 Å². The van der Waals surface area contributed by atoms with Crippen molar-refractivity contribution in [2.75, 3.05) is 25.5 Å². The summed E-state index contributed by atoms with van der Waals surface area (Å²) in [6.07, 6.45) is 1.80. The summed E-state index contributed by atoms with van der Waals surface area (Å²) in [6.45, 7) is 4.14. The molecule has 0 radical (unpaired) electrons. The van der Waals surface area contributed by atoms with Crippen molar-refractivity contribution >= 4 is 11.4 Å². The molecule has 1 saturated heterocycles. The first-order valence-electron chi connectivity index (χ1n) is 6.81. The van der Waals surface area contributed by atoms with Crippen molar-refractivity contribution in [3.8, 4) is 0 Å². The van der Waals surface area contributed by atoms with Gasteiger partial charge in [-0.3, -0.25) is 15.0 Å². The molecule has 2 rings (SSSR count). The summed E-state index contributed by atoms with van der Waals surface area (Å²) in [6, 6.07) is 5.12. The van der Waals surface area contributed by atoms with Crippen molar-refractivity contribution < 1.29 is 10.0 Å². The molecular weight excluding hydrogens is 258 g/mol. The molecule has 0 spiro atoms. The number of aliphatic hydroxyl groups is 1. The Morgan fingerprint density at radius 2 is 2.30 bits per heavy atom. The van der Waals surface area contributed by atoms with E-state index in [2.05, 4.69) is 10.2 Å². The van der Waals surface area contributed by atoms with Gasteiger partial charge in [-0.05, 0) is 37.9 Å². The highest BCUT2D eigenvalue weighted by atomic mass is 16.6. The lowest BCUT2D eigenvalue weighted by Crippen LogP contribution is -2.45. The van der Waals surface area contributed by atoms with Crippen molar-refractivity contribution in [3.05, 3.63) is 33.9 Å². The number of hydrogen-bond donors (Lipinski definition) is 2. The van der Waals surface area contributed by atoms with E-state index in [9.17, 15) is 15.2 Å². The number of nitro benzene ring substituents is 1. The number of hydrogen-bond acceptors (Lipinski definition) is 5. The Bertz CT molecular complexity index is 502. The van der Waals surface area contributed by atoms with E-state index < -0.39 is 5.60 Å². The van der Waals surface area contributed by atoms with Gasteiger partial charge in [0.05, 0.1) is 10.5 Å². The smallest absolute Gasteiger partial charge is 0.292 e. The van der Waals surface area contributed by atoms with Crippen molar-refractivity contribution in [3.63, 3.8) is 0 Å². The molecule has 1 aromatic carbocycles. The summed E-state index contributed by atoms with van der Waals surface area (Å²) in [7, 11) is 1.68. The first-order valence-corrected chi connectivity index (χ1v) is 6.81. The predicted octanol–water partition coefficient (Wildman–Crippen LogP) is 1.98. The van der Waals surface area contributed by atoms with E-state index in [1.165, 1.54) is 6.07 Å². The van der Waals surface area contributed by atoms with Crippen LogP contribution < -0.4 is 5.32 Å². The van der Waals surface area contributed by atoms with Gasteiger partial charge in [-0.1, -0.05) is 6.07 Å². The molecule has 1 atom stereocenters. The molecule has 110 valence electrons. The number of rotatable bonds is 4. The monoisotopic (exact) mass is 279 g/mol. The summed E-state index contributed by atoms with van der Waals surface area (Å²) in [4.78, 5) is 12.7. The lowest BCUT2D eigenvalue weighted by atomic mass is 9.95. The van der Waals surface area contributed by atoms with Crippen molar-refractivity contribution in [2.45, 2.75) is 31.9 Å². The van der Waals surface area contributed by atoms with E-state index in [0.29, 0.717) is 18.8 Å². The Morgan fingerprint density at radius 1 is 1.55 bits per heavy atom. The molecule has 1 aliphatic rings. The number of likely N-dealkylation sites (tertiary alicyclic amines) is 1. The van der Waals surface area contributed by atoms with Crippen molar-refractivity contribution in [2.24, 2.45) is 0 Å². The second-order valence-corrected chi connectivity index (χ2v) is 5.67. The maximum Gasteiger partial charge on any atom is 0.292 e. The molecule has 0 amide bonds. The van der Waals surface area contributed by atoms with Gasteiger partial charge in [0.2, 0.25) is 0 Å². The molecule has 6 nitrogen and oxygen atoms in total. The number of piperidine rings is 1. The highest BCUT2D eigenvalue weighted by Crippen LogP contribution is 2.27. The van der Waals surface area contributed by atoms with E-state index >= 15 is 0 Å². The minimum atomic E-state index is -0.634. The van der Waals surface area contributed by atoms with E-state index in [0.717, 1.165) is 24.9 Å². The molecule has 0 saturated carbocycles. The number of nitrogens with one attached hydrogen (secondary N) is 1. The first kappa shape index (κ1) is 14.7. The summed E-state index contributed by atoms with van der Waals surface area (Å²) >= 11 is 0. The molecule has 2 N–H and O–H groups in total. The van der Waals surface area contributed by atoms with Gasteiger partial charge >= 0.3 is 0 Å². The summed E-state index contributed by atoms with van der Waals surface area (Å²) in [5.74, 6) is 0. The highest BCUT2D eigenvalue weighted by molar-refractivity contribution is 5.62. The van der Waals surface area contributed by atoms with Crippen LogP contribution in [0.4, 0.5) is 11.4 Å². The average Bonchev–Trinajstić information content (AvgIpc) is 2.37. The summed E-state index contributed by atoms with van der Waals surface area (Å²) < 4.78 is 0. The molecule has 1 heterocycles. The molecule has 0 bridgehead atoms. The molecule has 1 fully saturated rings. The van der Waals surface area contributed by atoms with Crippen molar-refractivity contribution in [1.29, 1.82) is 0 Å². The number of nitrogens with zero attached hydrogens (tertiary/aromatic N) is 2. The Hall–Kier alpha value is -1.66. The maximum atomic E-state index is 10.9. The molecule has 0 aliphatic carbocycles. The normalized spacial score (nSPS) is 23.6. The molecular formula is C14H21N3O3. The lowest BCUT2D eigenvalue weighted by molar-refractivity contribution is -0.384. The van der Waals surface area contributed by atoms with Gasteiger partial charge in [0.1, 0.15) is 5.69 Å². The molecule has 1 aliphatic heterocycles. The Labute approximate surface area is 118 Å². The minimum absolute atomic E-state index is 0.0851. The first-order chi connectivity index (χ1) is 9.41. The van der Waals surface area contributed by atoms with Crippen LogP contribution in [0.1, 0.15) is 25.3 Å². The average molecular weight is 279 g/mol. The molecule has 1 unspecified atom stereocenters. The standard InChI is InChI=1S/C14H21N3O3/c1-14(18)6-3-7-16(10-14)9-11-4-5-13(17(19)20)12(8-11)15-2/h4-5,8,15,18H,3,6-7,9-10H2,1-2H3. The quantitative estimate of drug-likeness (QED) is 0.651. The van der Waals surface area contributed by atoms with Crippen LogP contribution in [0.3, 0.4) is 0 Å². The van der Waals surface area contributed by atoms with Gasteiger partial charge in [-0.25, -0.2) is 0 Å². The Kier molecular flexibility index (Phi) is 4.25. The molecule has 1 aromatic rings. The third-order valence-electron chi connectivity index (χ3n) is 3.69. The number of β-amino-alcohol motifs (C(OH)–C–C–N with tert-alkyl or cyclic N) is 1. The minimum Gasteiger partial charge on any atom is -0.389 e. The second kappa shape index (κ2) is 5.76. The van der Waals surface area contributed by atoms with Crippen LogP contribution in [0.25, 0.3) is 0 Å². The van der Waals surface area contributed by atoms with E-state index in [1.807, 2.05) is 6.92 Å². The number of benzene rings is 1. The van der Waals surface area contributed by atoms with Gasteiger partial charge in [0, 0.05) is 26.2 Å². The lowest BCUT2D eigenvalue weighted by Gasteiger charge is -2.36. The van der Waals surface area contributed by atoms with E-state index in [4.69, 9.17) is 0 Å². The largest absolute Gasteiger partial charge is 0.389 e. The fourth-order valence-electron chi connectivity index (χ4n) is 2.76. The van der Waals surface area contributed by atoms with Crippen LogP contribution >= 0.6 is 0 Å². The number of anilines is 1. The third-order valence-corrected chi connectivity index (χ3v) is 3.69. The van der Waals surface area contributed by atoms with Gasteiger partial charge < -0.3 is 10.4 Å². The molecule has 6 heteroatoms. The predicted molar refractivity (Wildman–Crippen MR) is 77.8 cm³/mol. The van der Waals surface area contributed by atoms with Gasteiger partial charge in [0.15, 0.2) is 0 Å². The van der Waals surface area contributed by atoms with Crippen LogP contribution in [0.5, 0.6) is 0 Å². The van der Waals surface area contributed by atoms with E-state index in [-0.39, 0.29) is 10.6 Å². The highest BCUT2D eigenvalue weighted by Gasteiger charge is 2.28. The van der Waals surface area contributed by atoms with Crippen LogP contribution in [0.2, 0.25) is 0 Å². The van der Waals surface area contributed by atoms with Gasteiger partial charge in [-0.2, -0.15) is 0 Å². The summed E-state index contributed by atoms with van der Waals surface area (Å²) in [5, 5.41) is 23.8. The van der Waals surface area contributed by atoms with Crippen LogP contribution in [-0.4, -0.2) is 40.7 Å². The van der Waals surface area contributed by atoms with Crippen LogP contribution in [0, 0.1) is 10.1 Å². The number of nitro groups is 1. The SMILES string of the molecule is CNc1cc(CN2CCCC(C)(O)C2)ccc1[N+](=O)[O-]. The maximum absolute atomic E-state index is 10.9. The second-order valence-electron chi connectivity index (χ2n) is 5.67. The topological polar surface area (TPSA) is 78.6 Å². The van der Waals surface area contributed by atoms with Gasteiger partial charge in [-0.15, -0.1) is 0 Å². The zero-order valence-electron chi connectivity index (χ0n) is 11.9. The fraction of sp³-hybridized carbons (Fsp3) is 0.571. The van der Waals surface area contributed by atoms with Crippen LogP contribution in [0.15, 0.2) is 18.2 Å². The van der Waals surface area contributed by atoms with Gasteiger partial charge in [0.25, 0.3) is 5.69 Å². The zero-order chi connectivity index (χ0) is 14.8. The molecule has 0 aromatic heterocycles. The Balaban J connectivity index is 2.12. The zero-order valence-corrected chi connectivity index (χ0v) is 11.9. The summed E-state index contributed by atoms with van der Waals surface area (Å²) in [5.41, 5.74) is 0.987. The van der Waals surface area contributed by atoms with Crippen molar-refractivity contribution in [1.82, 2.24) is 4.90 Å². The Morgan fingerprint density at radius 3 is 2.90 bits per heavy atom. The van der Waals surface area contributed by atoms with E-state index in [1.54, 1.807) is 19.2 Å². The molecule has 20 heavy (non-hydrogen) atoms.